The van der Waals surface area contributed by atoms with Crippen LogP contribution in [0, 0.1) is 0 Å². The van der Waals surface area contributed by atoms with Crippen LogP contribution in [-0.2, 0) is 14.4 Å². The lowest BCUT2D eigenvalue weighted by Crippen LogP contribution is -2.36. The van der Waals surface area contributed by atoms with Gasteiger partial charge in [0.05, 0.1) is 12.7 Å². The second kappa shape index (κ2) is 3.64. The standard InChI is InChI=1S/C9H17NO3/c1-9(2)6-5-7(13-9)8(11)10(3)12-4/h7H,5-6H2,1-4H3/t7-/m1/s1. The van der Waals surface area contributed by atoms with Crippen LogP contribution in [-0.4, -0.2) is 36.8 Å². The van der Waals surface area contributed by atoms with Gasteiger partial charge in [-0.05, 0) is 26.7 Å². The molecule has 4 nitrogen and oxygen atoms in total. The van der Waals surface area contributed by atoms with Crippen LogP contribution >= 0.6 is 0 Å². The summed E-state index contributed by atoms with van der Waals surface area (Å²) in [6, 6.07) is 0. The zero-order valence-electron chi connectivity index (χ0n) is 8.66. The van der Waals surface area contributed by atoms with Crippen LogP contribution in [0.5, 0.6) is 0 Å². The predicted octanol–water partition coefficient (Wildman–Crippen LogP) is 0.964. The number of hydroxylamine groups is 2. The molecular formula is C9H17NO3. The minimum absolute atomic E-state index is 0.104. The number of nitrogens with zero attached hydrogens (tertiary/aromatic N) is 1. The lowest BCUT2D eigenvalue weighted by molar-refractivity contribution is -0.182. The summed E-state index contributed by atoms with van der Waals surface area (Å²) in [6.07, 6.45) is 1.36. The molecule has 0 bridgehead atoms. The maximum atomic E-state index is 11.5. The molecule has 76 valence electrons. The van der Waals surface area contributed by atoms with Gasteiger partial charge in [-0.1, -0.05) is 0 Å². The topological polar surface area (TPSA) is 38.8 Å². The Labute approximate surface area is 78.8 Å². The van der Waals surface area contributed by atoms with E-state index in [4.69, 9.17) is 9.57 Å². The van der Waals surface area contributed by atoms with Crippen molar-refractivity contribution in [3.63, 3.8) is 0 Å². The first-order valence-electron chi connectivity index (χ1n) is 4.46. The van der Waals surface area contributed by atoms with Gasteiger partial charge in [-0.3, -0.25) is 9.63 Å². The van der Waals surface area contributed by atoms with E-state index in [2.05, 4.69) is 0 Å². The van der Waals surface area contributed by atoms with E-state index in [-0.39, 0.29) is 17.6 Å². The van der Waals surface area contributed by atoms with Gasteiger partial charge in [-0.15, -0.1) is 0 Å². The van der Waals surface area contributed by atoms with Gasteiger partial charge in [0.15, 0.2) is 0 Å². The third-order valence-electron chi connectivity index (χ3n) is 2.33. The van der Waals surface area contributed by atoms with E-state index < -0.39 is 0 Å². The molecule has 0 saturated carbocycles. The Bertz CT molecular complexity index is 203. The Hall–Kier alpha value is -0.610. The van der Waals surface area contributed by atoms with E-state index in [0.717, 1.165) is 12.8 Å². The van der Waals surface area contributed by atoms with Crippen molar-refractivity contribution in [2.45, 2.75) is 38.4 Å². The highest BCUT2D eigenvalue weighted by molar-refractivity contribution is 5.80. The zero-order chi connectivity index (χ0) is 10.1. The normalized spacial score (nSPS) is 26.0. The largest absolute Gasteiger partial charge is 0.362 e. The highest BCUT2D eigenvalue weighted by Crippen LogP contribution is 2.29. The van der Waals surface area contributed by atoms with Gasteiger partial charge >= 0.3 is 0 Å². The third kappa shape index (κ3) is 2.42. The number of amides is 1. The molecule has 0 aromatic heterocycles. The van der Waals surface area contributed by atoms with Crippen molar-refractivity contribution in [3.8, 4) is 0 Å². The molecule has 1 saturated heterocycles. The smallest absolute Gasteiger partial charge is 0.274 e. The zero-order valence-corrected chi connectivity index (χ0v) is 8.66. The summed E-state index contributed by atoms with van der Waals surface area (Å²) in [4.78, 5) is 16.3. The van der Waals surface area contributed by atoms with Crippen LogP contribution in [0.25, 0.3) is 0 Å². The van der Waals surface area contributed by atoms with Crippen LogP contribution < -0.4 is 0 Å². The molecule has 1 atom stereocenters. The molecule has 1 amide bonds. The van der Waals surface area contributed by atoms with E-state index in [1.54, 1.807) is 7.05 Å². The Morgan fingerprint density at radius 1 is 1.62 bits per heavy atom. The molecule has 1 aliphatic heterocycles. The molecule has 0 aliphatic carbocycles. The number of likely N-dealkylation sites (N-methyl/N-ethyl adjacent to an activating group) is 1. The fraction of sp³-hybridized carbons (Fsp3) is 0.889. The Kier molecular flexibility index (Phi) is 2.93. The lowest BCUT2D eigenvalue weighted by Gasteiger charge is -2.21. The fourth-order valence-electron chi connectivity index (χ4n) is 1.45. The molecule has 1 fully saturated rings. The summed E-state index contributed by atoms with van der Waals surface area (Å²) >= 11 is 0. The molecule has 0 unspecified atom stereocenters. The number of ether oxygens (including phenoxy) is 1. The van der Waals surface area contributed by atoms with Crippen LogP contribution in [0.1, 0.15) is 26.7 Å². The molecule has 0 spiro atoms. The van der Waals surface area contributed by atoms with E-state index in [1.165, 1.54) is 12.2 Å². The molecule has 0 aromatic carbocycles. The Morgan fingerprint density at radius 2 is 2.23 bits per heavy atom. The molecule has 1 rings (SSSR count). The van der Waals surface area contributed by atoms with Gasteiger partial charge in [0.2, 0.25) is 0 Å². The first-order valence-corrected chi connectivity index (χ1v) is 4.46. The quantitative estimate of drug-likeness (QED) is 0.604. The predicted molar refractivity (Wildman–Crippen MR) is 48.0 cm³/mol. The third-order valence-corrected chi connectivity index (χ3v) is 2.33. The Balaban J connectivity index is 2.51. The SMILES string of the molecule is CON(C)C(=O)[C@H]1CCC(C)(C)O1. The number of hydrogen-bond acceptors (Lipinski definition) is 3. The van der Waals surface area contributed by atoms with Gasteiger partial charge in [-0.2, -0.15) is 0 Å². The highest BCUT2D eigenvalue weighted by Gasteiger charge is 2.37. The van der Waals surface area contributed by atoms with Crippen LogP contribution in [0.2, 0.25) is 0 Å². The monoisotopic (exact) mass is 187 g/mol. The molecule has 4 heteroatoms. The van der Waals surface area contributed by atoms with Crippen molar-refractivity contribution in [1.29, 1.82) is 0 Å². The van der Waals surface area contributed by atoms with E-state index in [9.17, 15) is 4.79 Å². The second-order valence-electron chi connectivity index (χ2n) is 3.92. The van der Waals surface area contributed by atoms with E-state index in [1.807, 2.05) is 13.8 Å². The summed E-state index contributed by atoms with van der Waals surface area (Å²) in [7, 11) is 3.06. The van der Waals surface area contributed by atoms with Gasteiger partial charge < -0.3 is 4.74 Å². The highest BCUT2D eigenvalue weighted by atomic mass is 16.7. The minimum atomic E-state index is -0.333. The van der Waals surface area contributed by atoms with Crippen molar-refractivity contribution >= 4 is 5.91 Å². The number of carbonyl (C=O) groups excluding carboxylic acids is 1. The fourth-order valence-corrected chi connectivity index (χ4v) is 1.45. The van der Waals surface area contributed by atoms with Crippen LogP contribution in [0.4, 0.5) is 0 Å². The average Bonchev–Trinajstić information content (AvgIpc) is 2.43. The summed E-state index contributed by atoms with van der Waals surface area (Å²) in [5, 5.41) is 1.21. The molecule has 0 radical (unpaired) electrons. The second-order valence-corrected chi connectivity index (χ2v) is 3.92. The lowest BCUT2D eigenvalue weighted by atomic mass is 10.1. The molecule has 0 aromatic rings. The van der Waals surface area contributed by atoms with Crippen molar-refractivity contribution in [3.05, 3.63) is 0 Å². The molecular weight excluding hydrogens is 170 g/mol. The summed E-state index contributed by atoms with van der Waals surface area (Å²) in [6.45, 7) is 3.99. The molecule has 0 N–H and O–H groups in total. The first-order chi connectivity index (χ1) is 5.96. The van der Waals surface area contributed by atoms with Crippen molar-refractivity contribution < 1.29 is 14.4 Å². The van der Waals surface area contributed by atoms with Crippen molar-refractivity contribution in [2.75, 3.05) is 14.2 Å². The maximum absolute atomic E-state index is 11.5. The number of carbonyl (C=O) groups is 1. The van der Waals surface area contributed by atoms with E-state index in [0.29, 0.717) is 0 Å². The minimum Gasteiger partial charge on any atom is -0.362 e. The van der Waals surface area contributed by atoms with Crippen molar-refractivity contribution in [1.82, 2.24) is 5.06 Å². The van der Waals surface area contributed by atoms with Crippen LogP contribution in [0.15, 0.2) is 0 Å². The van der Waals surface area contributed by atoms with Crippen LogP contribution in [0.3, 0.4) is 0 Å². The summed E-state index contributed by atoms with van der Waals surface area (Å²) in [5.41, 5.74) is -0.172. The van der Waals surface area contributed by atoms with Gasteiger partial charge in [-0.25, -0.2) is 5.06 Å². The summed E-state index contributed by atoms with van der Waals surface area (Å²) < 4.78 is 5.56. The van der Waals surface area contributed by atoms with Crippen molar-refractivity contribution in [2.24, 2.45) is 0 Å². The number of rotatable bonds is 2. The first kappa shape index (κ1) is 10.5. The maximum Gasteiger partial charge on any atom is 0.274 e. The molecule has 1 heterocycles. The summed E-state index contributed by atoms with van der Waals surface area (Å²) in [5.74, 6) is -0.104. The Morgan fingerprint density at radius 3 is 2.62 bits per heavy atom. The molecule has 1 aliphatic rings. The van der Waals surface area contributed by atoms with Gasteiger partial charge in [0.25, 0.3) is 5.91 Å². The van der Waals surface area contributed by atoms with Gasteiger partial charge in [0.1, 0.15) is 6.10 Å². The molecule has 13 heavy (non-hydrogen) atoms. The average molecular weight is 187 g/mol. The van der Waals surface area contributed by atoms with E-state index >= 15 is 0 Å². The van der Waals surface area contributed by atoms with Gasteiger partial charge in [0, 0.05) is 7.05 Å². The number of hydrogen-bond donors (Lipinski definition) is 0.